The maximum atomic E-state index is 10.9. The second kappa shape index (κ2) is 6.19. The number of nitrogens with one attached hydrogen (secondary N) is 1. The van der Waals surface area contributed by atoms with Gasteiger partial charge < -0.3 is 10.4 Å². The highest BCUT2D eigenvalue weighted by Crippen LogP contribution is 2.34. The van der Waals surface area contributed by atoms with Gasteiger partial charge in [-0.05, 0) is 59.7 Å². The van der Waals surface area contributed by atoms with Gasteiger partial charge in [-0.3, -0.25) is 0 Å². The molecule has 5 heteroatoms. The lowest BCUT2D eigenvalue weighted by molar-refractivity contribution is 0.188. The average Bonchev–Trinajstić information content (AvgIpc) is 2.45. The van der Waals surface area contributed by atoms with E-state index in [0.717, 1.165) is 36.0 Å². The number of halogens is 2. The molecule has 1 aliphatic carbocycles. The zero-order chi connectivity index (χ0) is 15.7. The molecule has 0 heterocycles. The summed E-state index contributed by atoms with van der Waals surface area (Å²) in [6.07, 6.45) is 1.78. The maximum absolute atomic E-state index is 10.9. The normalized spacial score (nSPS) is 16.9. The van der Waals surface area contributed by atoms with E-state index in [9.17, 15) is 4.79 Å². The second-order valence-electron chi connectivity index (χ2n) is 5.47. The summed E-state index contributed by atoms with van der Waals surface area (Å²) in [4.78, 5) is 10.9. The second-order valence-corrected chi connectivity index (χ2v) is 6.34. The first kappa shape index (κ1) is 15.2. The molecule has 0 saturated carbocycles. The van der Waals surface area contributed by atoms with Crippen LogP contribution < -0.4 is 5.32 Å². The van der Waals surface area contributed by atoms with Crippen LogP contribution in [0.4, 0.5) is 4.79 Å². The van der Waals surface area contributed by atoms with E-state index < -0.39 is 6.09 Å². The zero-order valence-corrected chi connectivity index (χ0v) is 13.3. The minimum atomic E-state index is -0.983. The minimum absolute atomic E-state index is 0.127. The van der Waals surface area contributed by atoms with Crippen LogP contribution in [0, 0.1) is 0 Å². The predicted molar refractivity (Wildman–Crippen MR) is 88.7 cm³/mol. The van der Waals surface area contributed by atoms with E-state index in [0.29, 0.717) is 10.0 Å². The number of hydrogen-bond acceptors (Lipinski definition) is 1. The molecule has 1 unspecified atom stereocenters. The van der Waals surface area contributed by atoms with E-state index in [1.54, 1.807) is 6.07 Å². The van der Waals surface area contributed by atoms with Crippen LogP contribution >= 0.6 is 23.2 Å². The molecule has 114 valence electrons. The average molecular weight is 336 g/mol. The van der Waals surface area contributed by atoms with E-state index in [1.807, 2.05) is 24.3 Å². The first-order chi connectivity index (χ1) is 10.5. The molecule has 2 N–H and O–H groups in total. The molecule has 2 aromatic rings. The van der Waals surface area contributed by atoms with Crippen molar-refractivity contribution in [2.24, 2.45) is 0 Å². The van der Waals surface area contributed by atoms with Crippen molar-refractivity contribution in [3.8, 4) is 11.1 Å². The lowest BCUT2D eigenvalue weighted by Crippen LogP contribution is -2.29. The molecule has 0 aliphatic heterocycles. The van der Waals surface area contributed by atoms with Crippen molar-refractivity contribution in [2.45, 2.75) is 25.3 Å². The van der Waals surface area contributed by atoms with E-state index >= 15 is 0 Å². The molecule has 22 heavy (non-hydrogen) atoms. The highest BCUT2D eigenvalue weighted by molar-refractivity contribution is 6.35. The maximum Gasteiger partial charge on any atom is 0.405 e. The third-order valence-electron chi connectivity index (χ3n) is 3.95. The van der Waals surface area contributed by atoms with Crippen molar-refractivity contribution in [3.63, 3.8) is 0 Å². The zero-order valence-electron chi connectivity index (χ0n) is 11.8. The summed E-state index contributed by atoms with van der Waals surface area (Å²) in [5, 5.41) is 12.7. The first-order valence-corrected chi connectivity index (χ1v) is 7.87. The molecule has 0 radical (unpaired) electrons. The smallest absolute Gasteiger partial charge is 0.405 e. The van der Waals surface area contributed by atoms with Crippen LogP contribution in [0.15, 0.2) is 36.4 Å². The third kappa shape index (κ3) is 3.21. The lowest BCUT2D eigenvalue weighted by Gasteiger charge is -2.26. The Morgan fingerprint density at radius 2 is 1.82 bits per heavy atom. The monoisotopic (exact) mass is 335 g/mol. The molecule has 0 aromatic heterocycles. The number of aryl methyl sites for hydroxylation is 1. The highest BCUT2D eigenvalue weighted by atomic mass is 35.5. The molecule has 1 atom stereocenters. The van der Waals surface area contributed by atoms with Crippen LogP contribution in [0.1, 0.15) is 30.0 Å². The van der Waals surface area contributed by atoms with Gasteiger partial charge in [0.2, 0.25) is 0 Å². The van der Waals surface area contributed by atoms with Gasteiger partial charge in [0, 0.05) is 10.0 Å². The molecular weight excluding hydrogens is 321 g/mol. The van der Waals surface area contributed by atoms with Crippen LogP contribution in [-0.4, -0.2) is 11.2 Å². The SMILES string of the molecule is O=C(O)NC1CCCc2cc(-c3cc(Cl)cc(Cl)c3)ccc21. The Bertz CT molecular complexity index is 710. The lowest BCUT2D eigenvalue weighted by atomic mass is 9.86. The van der Waals surface area contributed by atoms with Crippen LogP contribution in [-0.2, 0) is 6.42 Å². The Labute approximate surface area is 138 Å². The third-order valence-corrected chi connectivity index (χ3v) is 4.39. The molecule has 2 aromatic carbocycles. The Morgan fingerprint density at radius 3 is 2.50 bits per heavy atom. The van der Waals surface area contributed by atoms with E-state index in [-0.39, 0.29) is 6.04 Å². The van der Waals surface area contributed by atoms with Gasteiger partial charge in [0.25, 0.3) is 0 Å². The van der Waals surface area contributed by atoms with Gasteiger partial charge in [-0.25, -0.2) is 4.79 Å². The van der Waals surface area contributed by atoms with Crippen LogP contribution in [0.5, 0.6) is 0 Å². The fraction of sp³-hybridized carbons (Fsp3) is 0.235. The van der Waals surface area contributed by atoms with E-state index in [1.165, 1.54) is 5.56 Å². The van der Waals surface area contributed by atoms with Gasteiger partial charge in [0.15, 0.2) is 0 Å². The van der Waals surface area contributed by atoms with Crippen molar-refractivity contribution >= 4 is 29.3 Å². The number of carboxylic acid groups (broad SMARTS) is 1. The molecule has 0 fully saturated rings. The fourth-order valence-electron chi connectivity index (χ4n) is 3.01. The summed E-state index contributed by atoms with van der Waals surface area (Å²) in [7, 11) is 0. The largest absolute Gasteiger partial charge is 0.465 e. The first-order valence-electron chi connectivity index (χ1n) is 7.11. The van der Waals surface area contributed by atoms with Gasteiger partial charge in [0.05, 0.1) is 6.04 Å². The van der Waals surface area contributed by atoms with Gasteiger partial charge >= 0.3 is 6.09 Å². The van der Waals surface area contributed by atoms with Crippen LogP contribution in [0.3, 0.4) is 0 Å². The summed E-state index contributed by atoms with van der Waals surface area (Å²) in [6.45, 7) is 0. The van der Waals surface area contributed by atoms with Crippen molar-refractivity contribution in [1.82, 2.24) is 5.32 Å². The van der Waals surface area contributed by atoms with Crippen LogP contribution in [0.2, 0.25) is 10.0 Å². The minimum Gasteiger partial charge on any atom is -0.465 e. The molecule has 3 rings (SSSR count). The fourth-order valence-corrected chi connectivity index (χ4v) is 3.54. The molecule has 0 spiro atoms. The van der Waals surface area contributed by atoms with Crippen molar-refractivity contribution in [1.29, 1.82) is 0 Å². The van der Waals surface area contributed by atoms with E-state index in [4.69, 9.17) is 28.3 Å². The number of benzene rings is 2. The van der Waals surface area contributed by atoms with Gasteiger partial charge in [-0.1, -0.05) is 41.4 Å². The summed E-state index contributed by atoms with van der Waals surface area (Å²) in [5.74, 6) is 0. The van der Waals surface area contributed by atoms with Crippen molar-refractivity contribution < 1.29 is 9.90 Å². The molecular formula is C17H15Cl2NO2. The standard InChI is InChI=1S/C17H15Cl2NO2/c18-13-7-12(8-14(19)9-13)10-4-5-15-11(6-10)2-1-3-16(15)20-17(21)22/h4-9,16,20H,1-3H2,(H,21,22). The molecule has 3 nitrogen and oxygen atoms in total. The molecule has 0 saturated heterocycles. The van der Waals surface area contributed by atoms with Crippen LogP contribution in [0.25, 0.3) is 11.1 Å². The molecule has 1 amide bonds. The van der Waals surface area contributed by atoms with Gasteiger partial charge in [0.1, 0.15) is 0 Å². The Kier molecular flexibility index (Phi) is 4.27. The summed E-state index contributed by atoms with van der Waals surface area (Å²) in [5.41, 5.74) is 4.25. The number of rotatable bonds is 2. The number of carbonyl (C=O) groups is 1. The Morgan fingerprint density at radius 1 is 1.09 bits per heavy atom. The Hall–Kier alpha value is -1.71. The number of fused-ring (bicyclic) bond motifs is 1. The topological polar surface area (TPSA) is 49.3 Å². The summed E-state index contributed by atoms with van der Waals surface area (Å²) < 4.78 is 0. The highest BCUT2D eigenvalue weighted by Gasteiger charge is 2.22. The quantitative estimate of drug-likeness (QED) is 0.781. The van der Waals surface area contributed by atoms with Crippen molar-refractivity contribution in [3.05, 3.63) is 57.6 Å². The predicted octanol–water partition coefficient (Wildman–Crippen LogP) is 5.31. The molecule has 0 bridgehead atoms. The number of hydrogen-bond donors (Lipinski definition) is 2. The summed E-state index contributed by atoms with van der Waals surface area (Å²) >= 11 is 12.1. The van der Waals surface area contributed by atoms with E-state index in [2.05, 4.69) is 11.4 Å². The van der Waals surface area contributed by atoms with Gasteiger partial charge in [-0.15, -0.1) is 0 Å². The van der Waals surface area contributed by atoms with Crippen molar-refractivity contribution in [2.75, 3.05) is 0 Å². The summed E-state index contributed by atoms with van der Waals surface area (Å²) in [6, 6.07) is 11.4. The molecule has 1 aliphatic rings. The Balaban J connectivity index is 1.98. The van der Waals surface area contributed by atoms with Gasteiger partial charge in [-0.2, -0.15) is 0 Å². The number of amides is 1.